The molecule has 0 fully saturated rings. The summed E-state index contributed by atoms with van der Waals surface area (Å²) in [6.07, 6.45) is -0.790. The van der Waals surface area contributed by atoms with Gasteiger partial charge in [-0.3, -0.25) is 4.79 Å². The van der Waals surface area contributed by atoms with E-state index in [1.54, 1.807) is 38.3 Å². The van der Waals surface area contributed by atoms with Gasteiger partial charge in [0.1, 0.15) is 17.0 Å². The van der Waals surface area contributed by atoms with E-state index in [1.165, 1.54) is 25.8 Å². The molecule has 0 heterocycles. The number of carbonyl (C=O) groups excluding carboxylic acids is 1. The van der Waals surface area contributed by atoms with Crippen molar-refractivity contribution in [2.24, 2.45) is 0 Å². The predicted molar refractivity (Wildman–Crippen MR) is 77.6 cm³/mol. The highest BCUT2D eigenvalue weighted by molar-refractivity contribution is 5.88. The Labute approximate surface area is 124 Å². The number of carboxylic acid groups (broad SMARTS) is 1. The number of carbonyl (C=O) groups is 2. The van der Waals surface area contributed by atoms with E-state index < -0.39 is 23.5 Å². The normalized spacial score (nSPS) is 12.4. The van der Waals surface area contributed by atoms with Crippen LogP contribution in [-0.4, -0.2) is 47.7 Å². The summed E-state index contributed by atoms with van der Waals surface area (Å²) in [6, 6.07) is 6.81. The van der Waals surface area contributed by atoms with Gasteiger partial charge in [0.05, 0.1) is 7.11 Å². The van der Waals surface area contributed by atoms with Gasteiger partial charge in [-0.15, -0.1) is 0 Å². The average Bonchev–Trinajstić information content (AvgIpc) is 2.46. The first-order chi connectivity index (χ1) is 9.70. The summed E-state index contributed by atoms with van der Waals surface area (Å²) in [5.41, 5.74) is -1.30. The quantitative estimate of drug-likeness (QED) is 0.865. The Balaban J connectivity index is 2.76. The molecule has 0 saturated carbocycles. The van der Waals surface area contributed by atoms with E-state index in [0.29, 0.717) is 11.5 Å². The van der Waals surface area contributed by atoms with Crippen molar-refractivity contribution in [3.63, 3.8) is 0 Å². The molecule has 0 aliphatic carbocycles. The van der Waals surface area contributed by atoms with E-state index in [1.807, 2.05) is 0 Å². The Bertz CT molecular complexity index is 509. The fourth-order valence-electron chi connectivity index (χ4n) is 1.60. The predicted octanol–water partition coefficient (Wildman–Crippen LogP) is 1.78. The van der Waals surface area contributed by atoms with Crippen molar-refractivity contribution >= 4 is 11.9 Å². The zero-order chi connectivity index (χ0) is 16.2. The third-order valence-corrected chi connectivity index (χ3v) is 3.41. The van der Waals surface area contributed by atoms with Crippen LogP contribution in [0.25, 0.3) is 0 Å². The van der Waals surface area contributed by atoms with Crippen molar-refractivity contribution in [1.82, 2.24) is 4.90 Å². The van der Waals surface area contributed by atoms with E-state index in [-0.39, 0.29) is 0 Å². The Morgan fingerprint density at radius 1 is 1.19 bits per heavy atom. The topological polar surface area (TPSA) is 76.1 Å². The molecule has 0 aromatic heterocycles. The molecule has 1 N–H and O–H groups in total. The number of benzene rings is 1. The Kier molecular flexibility index (Phi) is 5.18. The average molecular weight is 295 g/mol. The molecule has 0 spiro atoms. The van der Waals surface area contributed by atoms with Crippen LogP contribution in [-0.2, 0) is 9.59 Å². The summed E-state index contributed by atoms with van der Waals surface area (Å²) in [5.74, 6) is -0.281. The molecule has 0 saturated heterocycles. The van der Waals surface area contributed by atoms with Gasteiger partial charge in [0.15, 0.2) is 6.10 Å². The molecule has 1 aromatic rings. The highest BCUT2D eigenvalue weighted by Crippen LogP contribution is 2.20. The summed E-state index contributed by atoms with van der Waals surface area (Å²) in [6.45, 7) is 4.52. The van der Waals surface area contributed by atoms with E-state index in [2.05, 4.69) is 0 Å². The van der Waals surface area contributed by atoms with Gasteiger partial charge in [-0.25, -0.2) is 4.79 Å². The lowest BCUT2D eigenvalue weighted by Gasteiger charge is -2.33. The molecule has 0 radical (unpaired) electrons. The van der Waals surface area contributed by atoms with Crippen LogP contribution in [0.3, 0.4) is 0 Å². The number of hydrogen-bond acceptors (Lipinski definition) is 4. The third-order valence-electron chi connectivity index (χ3n) is 3.41. The summed E-state index contributed by atoms with van der Waals surface area (Å²) in [5, 5.41) is 9.14. The van der Waals surface area contributed by atoms with Crippen LogP contribution in [0.5, 0.6) is 11.5 Å². The lowest BCUT2D eigenvalue weighted by molar-refractivity contribution is -0.157. The molecule has 1 amide bonds. The molecule has 1 aromatic carbocycles. The van der Waals surface area contributed by atoms with Crippen LogP contribution >= 0.6 is 0 Å². The Morgan fingerprint density at radius 2 is 1.67 bits per heavy atom. The van der Waals surface area contributed by atoms with Crippen molar-refractivity contribution in [3.05, 3.63) is 24.3 Å². The van der Waals surface area contributed by atoms with Crippen LogP contribution in [0.1, 0.15) is 20.8 Å². The van der Waals surface area contributed by atoms with E-state index >= 15 is 0 Å². The van der Waals surface area contributed by atoms with Gasteiger partial charge in [0.2, 0.25) is 0 Å². The van der Waals surface area contributed by atoms with Crippen molar-refractivity contribution in [1.29, 1.82) is 0 Å². The maximum Gasteiger partial charge on any atom is 0.329 e. The Hall–Kier alpha value is -2.24. The minimum Gasteiger partial charge on any atom is -0.497 e. The largest absolute Gasteiger partial charge is 0.497 e. The molecule has 21 heavy (non-hydrogen) atoms. The first-order valence-corrected chi connectivity index (χ1v) is 6.52. The molecule has 1 rings (SSSR count). The molecular weight excluding hydrogens is 274 g/mol. The van der Waals surface area contributed by atoms with Crippen molar-refractivity contribution in [2.75, 3.05) is 14.2 Å². The smallest absolute Gasteiger partial charge is 0.329 e. The van der Waals surface area contributed by atoms with Crippen LogP contribution in [0, 0.1) is 0 Å². The van der Waals surface area contributed by atoms with Gasteiger partial charge in [0.25, 0.3) is 5.91 Å². The number of carboxylic acids is 1. The number of hydrogen-bond donors (Lipinski definition) is 1. The second kappa shape index (κ2) is 6.47. The number of likely N-dealkylation sites (N-methyl/N-ethyl adjacent to an activating group) is 1. The number of nitrogens with zero attached hydrogens (tertiary/aromatic N) is 1. The molecule has 6 heteroatoms. The second-order valence-electron chi connectivity index (χ2n) is 5.20. The lowest BCUT2D eigenvalue weighted by Crippen LogP contribution is -2.54. The maximum atomic E-state index is 12.2. The monoisotopic (exact) mass is 295 g/mol. The molecule has 6 nitrogen and oxygen atoms in total. The number of amides is 1. The SMILES string of the molecule is COc1ccc(OC(C)C(=O)N(C)C(C)(C)C(=O)O)cc1. The highest BCUT2D eigenvalue weighted by atomic mass is 16.5. The van der Waals surface area contributed by atoms with Gasteiger partial charge in [0, 0.05) is 7.05 Å². The first-order valence-electron chi connectivity index (χ1n) is 6.52. The van der Waals surface area contributed by atoms with Gasteiger partial charge in [-0.05, 0) is 45.0 Å². The standard InChI is InChI=1S/C15H21NO5/c1-10(13(17)16(4)15(2,3)14(18)19)21-12-8-6-11(20-5)7-9-12/h6-10H,1-5H3,(H,18,19). The summed E-state index contributed by atoms with van der Waals surface area (Å²) >= 11 is 0. The number of aliphatic carboxylic acids is 1. The second-order valence-corrected chi connectivity index (χ2v) is 5.20. The fraction of sp³-hybridized carbons (Fsp3) is 0.467. The van der Waals surface area contributed by atoms with Crippen molar-refractivity contribution in [3.8, 4) is 11.5 Å². The third kappa shape index (κ3) is 3.87. The summed E-state index contributed by atoms with van der Waals surface area (Å²) in [4.78, 5) is 24.6. The molecule has 1 unspecified atom stereocenters. The minimum absolute atomic E-state index is 0.404. The summed E-state index contributed by atoms with van der Waals surface area (Å²) in [7, 11) is 3.01. The number of methoxy groups -OCH3 is 1. The molecule has 0 aliphatic rings. The van der Waals surface area contributed by atoms with Crippen molar-refractivity contribution in [2.45, 2.75) is 32.4 Å². The van der Waals surface area contributed by atoms with Crippen LogP contribution < -0.4 is 9.47 Å². The molecule has 0 bridgehead atoms. The zero-order valence-electron chi connectivity index (χ0n) is 12.9. The van der Waals surface area contributed by atoms with Gasteiger partial charge >= 0.3 is 5.97 Å². The molecular formula is C15H21NO5. The maximum absolute atomic E-state index is 12.2. The van der Waals surface area contributed by atoms with Gasteiger partial charge in [-0.1, -0.05) is 0 Å². The van der Waals surface area contributed by atoms with E-state index in [0.717, 1.165) is 0 Å². The van der Waals surface area contributed by atoms with Gasteiger partial charge in [-0.2, -0.15) is 0 Å². The fourth-order valence-corrected chi connectivity index (χ4v) is 1.60. The Morgan fingerprint density at radius 3 is 2.10 bits per heavy atom. The van der Waals surface area contributed by atoms with Gasteiger partial charge < -0.3 is 19.5 Å². The molecule has 1 atom stereocenters. The van der Waals surface area contributed by atoms with Crippen LogP contribution in [0.15, 0.2) is 24.3 Å². The lowest BCUT2D eigenvalue weighted by atomic mass is 10.0. The number of rotatable bonds is 6. The summed E-state index contributed by atoms with van der Waals surface area (Å²) < 4.78 is 10.6. The highest BCUT2D eigenvalue weighted by Gasteiger charge is 2.37. The first kappa shape index (κ1) is 16.8. The van der Waals surface area contributed by atoms with Crippen LogP contribution in [0.4, 0.5) is 0 Å². The number of ether oxygens (including phenoxy) is 2. The molecule has 0 aliphatic heterocycles. The van der Waals surface area contributed by atoms with E-state index in [9.17, 15) is 9.59 Å². The van der Waals surface area contributed by atoms with Crippen LogP contribution in [0.2, 0.25) is 0 Å². The van der Waals surface area contributed by atoms with E-state index in [4.69, 9.17) is 14.6 Å². The zero-order valence-corrected chi connectivity index (χ0v) is 12.9. The molecule has 116 valence electrons. The minimum atomic E-state index is -1.30. The van der Waals surface area contributed by atoms with Crippen molar-refractivity contribution < 1.29 is 24.2 Å².